The fourth-order valence-electron chi connectivity index (χ4n) is 2.29. The van der Waals surface area contributed by atoms with E-state index in [0.29, 0.717) is 12.1 Å². The number of nitro benzene ring substituents is 1. The molecule has 0 aromatic heterocycles. The third-order valence-electron chi connectivity index (χ3n) is 3.45. The topological polar surface area (TPSA) is 104 Å². The number of benzene rings is 2. The fraction of sp³-hybridized carbons (Fsp3) is 0.235. The molecular weight excluding hydrogens is 310 g/mol. The van der Waals surface area contributed by atoms with Gasteiger partial charge in [0, 0.05) is 23.9 Å². The monoisotopic (exact) mass is 329 g/mol. The lowest BCUT2D eigenvalue weighted by molar-refractivity contribution is -0.384. The maximum atomic E-state index is 11.9. The summed E-state index contributed by atoms with van der Waals surface area (Å²) in [5.41, 5.74) is 1.02. The van der Waals surface area contributed by atoms with Gasteiger partial charge in [0.2, 0.25) is 0 Å². The number of nitro groups is 1. The van der Waals surface area contributed by atoms with Gasteiger partial charge in [-0.05, 0) is 25.0 Å². The van der Waals surface area contributed by atoms with E-state index in [1.165, 1.54) is 18.2 Å². The van der Waals surface area contributed by atoms with Gasteiger partial charge in [0.15, 0.2) is 0 Å². The van der Waals surface area contributed by atoms with E-state index in [9.17, 15) is 20.0 Å². The van der Waals surface area contributed by atoms with Crippen LogP contribution in [0.15, 0.2) is 54.6 Å². The van der Waals surface area contributed by atoms with Crippen molar-refractivity contribution in [3.8, 4) is 0 Å². The zero-order chi connectivity index (χ0) is 17.5. The third-order valence-corrected chi connectivity index (χ3v) is 3.45. The molecule has 0 aliphatic heterocycles. The van der Waals surface area contributed by atoms with Crippen molar-refractivity contribution in [3.63, 3.8) is 0 Å². The van der Waals surface area contributed by atoms with E-state index >= 15 is 0 Å². The first-order chi connectivity index (χ1) is 11.5. The molecule has 0 heterocycles. The minimum Gasteiger partial charge on any atom is -0.388 e. The maximum absolute atomic E-state index is 11.9. The molecule has 7 heteroatoms. The van der Waals surface area contributed by atoms with E-state index in [1.807, 2.05) is 30.3 Å². The van der Waals surface area contributed by atoms with Crippen LogP contribution in [0.2, 0.25) is 0 Å². The summed E-state index contributed by atoms with van der Waals surface area (Å²) in [5, 5.41) is 26.1. The summed E-state index contributed by atoms with van der Waals surface area (Å²) in [6, 6.07) is 14.1. The quantitative estimate of drug-likeness (QED) is 0.559. The Morgan fingerprint density at radius 2 is 1.92 bits per heavy atom. The summed E-state index contributed by atoms with van der Waals surface area (Å²) < 4.78 is 0. The second-order valence-corrected chi connectivity index (χ2v) is 5.47. The highest BCUT2D eigenvalue weighted by atomic mass is 16.6. The number of nitrogens with zero attached hydrogens (tertiary/aromatic N) is 1. The summed E-state index contributed by atoms with van der Waals surface area (Å²) in [5.74, 6) is 0. The number of amides is 2. The van der Waals surface area contributed by atoms with Gasteiger partial charge in [-0.25, -0.2) is 4.79 Å². The smallest absolute Gasteiger partial charge is 0.319 e. The number of rotatable bonds is 6. The van der Waals surface area contributed by atoms with E-state index in [2.05, 4.69) is 10.6 Å². The van der Waals surface area contributed by atoms with E-state index in [0.717, 1.165) is 5.56 Å². The first-order valence-corrected chi connectivity index (χ1v) is 7.50. The number of aliphatic hydroxyl groups excluding tert-OH is 1. The van der Waals surface area contributed by atoms with Crippen molar-refractivity contribution in [1.82, 2.24) is 5.32 Å². The predicted octanol–water partition coefficient (Wildman–Crippen LogP) is 3.23. The number of carbonyl (C=O) groups is 1. The molecule has 0 radical (unpaired) electrons. The van der Waals surface area contributed by atoms with Crippen LogP contribution in [0, 0.1) is 10.1 Å². The Bertz CT molecular complexity index is 706. The number of hydrogen-bond donors (Lipinski definition) is 3. The minimum absolute atomic E-state index is 0.0969. The highest BCUT2D eigenvalue weighted by molar-refractivity contribution is 5.89. The zero-order valence-corrected chi connectivity index (χ0v) is 13.2. The normalized spacial score (nSPS) is 12.9. The second kappa shape index (κ2) is 8.07. The number of nitrogens with one attached hydrogen (secondary N) is 2. The third kappa shape index (κ3) is 5.06. The lowest BCUT2D eigenvalue weighted by Crippen LogP contribution is -2.37. The van der Waals surface area contributed by atoms with E-state index < -0.39 is 17.1 Å². The van der Waals surface area contributed by atoms with Gasteiger partial charge >= 0.3 is 6.03 Å². The molecule has 3 N–H and O–H groups in total. The summed E-state index contributed by atoms with van der Waals surface area (Å²) >= 11 is 0. The van der Waals surface area contributed by atoms with Gasteiger partial charge in [0.25, 0.3) is 5.69 Å². The average molecular weight is 329 g/mol. The summed E-state index contributed by atoms with van der Waals surface area (Å²) in [4.78, 5) is 22.1. The fourth-order valence-corrected chi connectivity index (χ4v) is 2.29. The molecule has 0 spiro atoms. The standard InChI is InChI=1S/C17H19N3O4/c1-12(10-16(21)13-6-3-2-4-7-13)18-17(22)19-14-8-5-9-15(11-14)20(23)24/h2-9,11-12,16,21H,10H2,1H3,(H2,18,19,22). The first kappa shape index (κ1) is 17.4. The van der Waals surface area contributed by atoms with Crippen molar-refractivity contribution in [3.05, 3.63) is 70.3 Å². The highest BCUT2D eigenvalue weighted by Crippen LogP contribution is 2.19. The molecule has 2 unspecified atom stereocenters. The molecule has 0 saturated heterocycles. The van der Waals surface area contributed by atoms with E-state index in [1.54, 1.807) is 13.0 Å². The molecule has 0 saturated carbocycles. The molecule has 0 aliphatic carbocycles. The summed E-state index contributed by atoms with van der Waals surface area (Å²) in [6.45, 7) is 1.78. The van der Waals surface area contributed by atoms with E-state index in [4.69, 9.17) is 0 Å². The molecular formula is C17H19N3O4. The number of anilines is 1. The number of hydrogen-bond acceptors (Lipinski definition) is 4. The number of non-ortho nitro benzene ring substituents is 1. The van der Waals surface area contributed by atoms with Gasteiger partial charge in [-0.1, -0.05) is 36.4 Å². The van der Waals surface area contributed by atoms with Crippen molar-refractivity contribution in [2.24, 2.45) is 0 Å². The second-order valence-electron chi connectivity index (χ2n) is 5.47. The van der Waals surface area contributed by atoms with E-state index in [-0.39, 0.29) is 11.7 Å². The molecule has 24 heavy (non-hydrogen) atoms. The molecule has 7 nitrogen and oxygen atoms in total. The van der Waals surface area contributed by atoms with Crippen LogP contribution in [-0.4, -0.2) is 22.1 Å². The van der Waals surface area contributed by atoms with Gasteiger partial charge in [-0.3, -0.25) is 10.1 Å². The van der Waals surface area contributed by atoms with Gasteiger partial charge in [0.1, 0.15) is 0 Å². The average Bonchev–Trinajstić information content (AvgIpc) is 2.55. The predicted molar refractivity (Wildman–Crippen MR) is 90.7 cm³/mol. The SMILES string of the molecule is CC(CC(O)c1ccccc1)NC(=O)Nc1cccc([N+](=O)[O-])c1. The Labute approximate surface area is 139 Å². The van der Waals surface area contributed by atoms with Crippen LogP contribution >= 0.6 is 0 Å². The first-order valence-electron chi connectivity index (χ1n) is 7.50. The molecule has 2 atom stereocenters. The van der Waals surface area contributed by atoms with Crippen LogP contribution in [-0.2, 0) is 0 Å². The van der Waals surface area contributed by atoms with Crippen LogP contribution in [0.1, 0.15) is 25.0 Å². The maximum Gasteiger partial charge on any atom is 0.319 e. The summed E-state index contributed by atoms with van der Waals surface area (Å²) in [7, 11) is 0. The van der Waals surface area contributed by atoms with Crippen molar-refractivity contribution in [2.45, 2.75) is 25.5 Å². The van der Waals surface area contributed by atoms with Gasteiger partial charge < -0.3 is 15.7 Å². The molecule has 126 valence electrons. The largest absolute Gasteiger partial charge is 0.388 e. The molecule has 2 rings (SSSR count). The zero-order valence-electron chi connectivity index (χ0n) is 13.2. The van der Waals surface area contributed by atoms with Gasteiger partial charge in [-0.15, -0.1) is 0 Å². The van der Waals surface area contributed by atoms with Crippen molar-refractivity contribution >= 4 is 17.4 Å². The number of urea groups is 1. The van der Waals surface area contributed by atoms with Crippen LogP contribution in [0.3, 0.4) is 0 Å². The summed E-state index contributed by atoms with van der Waals surface area (Å²) in [6.07, 6.45) is -0.328. The van der Waals surface area contributed by atoms with Crippen molar-refractivity contribution in [1.29, 1.82) is 0 Å². The molecule has 0 bridgehead atoms. The molecule has 0 fully saturated rings. The number of carbonyl (C=O) groups excluding carboxylic acids is 1. The number of aliphatic hydroxyl groups is 1. The lowest BCUT2D eigenvalue weighted by Gasteiger charge is -2.18. The van der Waals surface area contributed by atoms with Gasteiger partial charge in [0.05, 0.1) is 11.0 Å². The Balaban J connectivity index is 1.87. The Morgan fingerprint density at radius 1 is 1.21 bits per heavy atom. The van der Waals surface area contributed by atoms with Crippen molar-refractivity contribution < 1.29 is 14.8 Å². The van der Waals surface area contributed by atoms with Crippen LogP contribution in [0.25, 0.3) is 0 Å². The minimum atomic E-state index is -0.681. The molecule has 0 aliphatic rings. The lowest BCUT2D eigenvalue weighted by atomic mass is 10.0. The van der Waals surface area contributed by atoms with Crippen molar-refractivity contribution in [2.75, 3.05) is 5.32 Å². The molecule has 2 amide bonds. The Kier molecular flexibility index (Phi) is 5.86. The van der Waals surface area contributed by atoms with Gasteiger partial charge in [-0.2, -0.15) is 0 Å². The van der Waals surface area contributed by atoms with Crippen LogP contribution in [0.5, 0.6) is 0 Å². The highest BCUT2D eigenvalue weighted by Gasteiger charge is 2.15. The van der Waals surface area contributed by atoms with Crippen LogP contribution < -0.4 is 10.6 Å². The Morgan fingerprint density at radius 3 is 2.58 bits per heavy atom. The Hall–Kier alpha value is -2.93. The molecule has 2 aromatic carbocycles. The van der Waals surface area contributed by atoms with Crippen LogP contribution in [0.4, 0.5) is 16.2 Å². The molecule has 2 aromatic rings.